The molecule has 0 unspecified atom stereocenters. The van der Waals surface area contributed by atoms with Crippen molar-refractivity contribution >= 4 is 11.8 Å². The molecule has 3 rings (SSSR count). The van der Waals surface area contributed by atoms with Crippen LogP contribution in [-0.2, 0) is 6.54 Å². The highest BCUT2D eigenvalue weighted by Gasteiger charge is 2.37. The van der Waals surface area contributed by atoms with E-state index in [1.165, 1.54) is 29.9 Å². The van der Waals surface area contributed by atoms with Crippen molar-refractivity contribution in [2.75, 3.05) is 13.7 Å². The number of nitrogens with zero attached hydrogens (tertiary/aromatic N) is 1. The fourth-order valence-electron chi connectivity index (χ4n) is 3.05. The summed E-state index contributed by atoms with van der Waals surface area (Å²) in [5, 5.41) is 14.3. The number of rotatable bonds is 6. The van der Waals surface area contributed by atoms with Gasteiger partial charge in [0.15, 0.2) is 0 Å². The zero-order valence-corrected chi connectivity index (χ0v) is 15.7. The number of aromatic nitrogens is 1. The van der Waals surface area contributed by atoms with Crippen LogP contribution in [-0.4, -0.2) is 41.2 Å². The van der Waals surface area contributed by atoms with Gasteiger partial charge in [-0.25, -0.2) is 4.39 Å². The average Bonchev–Trinajstić information content (AvgIpc) is 3.43. The van der Waals surface area contributed by atoms with Crippen molar-refractivity contribution in [3.8, 4) is 0 Å². The van der Waals surface area contributed by atoms with Crippen LogP contribution in [0.25, 0.3) is 0 Å². The Balaban J connectivity index is 1.95. The number of hydrogen-bond donors (Lipinski definition) is 3. The van der Waals surface area contributed by atoms with Gasteiger partial charge in [0, 0.05) is 31.8 Å². The Morgan fingerprint density at radius 1 is 1.29 bits per heavy atom. The molecule has 0 aliphatic heterocycles. The number of carbonyl (C=O) groups is 2. The maximum atomic E-state index is 13.5. The van der Waals surface area contributed by atoms with Gasteiger partial charge in [0.2, 0.25) is 0 Å². The number of benzene rings is 1. The van der Waals surface area contributed by atoms with Gasteiger partial charge in [0.1, 0.15) is 11.4 Å². The number of aliphatic hydroxyl groups excluding tert-OH is 1. The third-order valence-corrected chi connectivity index (χ3v) is 4.87. The molecule has 1 aliphatic carbocycles. The van der Waals surface area contributed by atoms with E-state index in [1.807, 2.05) is 0 Å². The minimum absolute atomic E-state index is 0.00213. The van der Waals surface area contributed by atoms with E-state index in [-0.39, 0.29) is 42.1 Å². The van der Waals surface area contributed by atoms with Crippen molar-refractivity contribution in [3.05, 3.63) is 68.9 Å². The fraction of sp³-hybridized carbons (Fsp3) is 0.350. The molecule has 0 bridgehead atoms. The molecule has 1 aromatic heterocycles. The van der Waals surface area contributed by atoms with E-state index >= 15 is 0 Å². The van der Waals surface area contributed by atoms with Crippen molar-refractivity contribution < 1.29 is 19.1 Å². The standard InChI is InChI=1S/C20H22FN3O4/c1-11-5-12(3-4-16(11)21)8-24-9-13(6-15(20(24)28)19(27)22-2)18(26)23-17-7-14(17)10-25/h3-6,9,14,17,25H,7-8,10H2,1-2H3,(H,22,27)(H,23,26)/t14-,17+/m1/s1. The Bertz CT molecular complexity index is 986. The lowest BCUT2D eigenvalue weighted by Gasteiger charge is -2.12. The number of hydrogen-bond acceptors (Lipinski definition) is 4. The van der Waals surface area contributed by atoms with Crippen LogP contribution >= 0.6 is 0 Å². The molecule has 28 heavy (non-hydrogen) atoms. The van der Waals surface area contributed by atoms with Gasteiger partial charge in [-0.3, -0.25) is 14.4 Å². The first kappa shape index (κ1) is 19.8. The Kier molecular flexibility index (Phi) is 5.60. The molecule has 0 saturated heterocycles. The Hall–Kier alpha value is -3.00. The van der Waals surface area contributed by atoms with E-state index in [0.29, 0.717) is 17.5 Å². The number of nitrogens with one attached hydrogen (secondary N) is 2. The van der Waals surface area contributed by atoms with Gasteiger partial charge in [-0.15, -0.1) is 0 Å². The molecule has 1 saturated carbocycles. The third kappa shape index (κ3) is 4.12. The second kappa shape index (κ2) is 7.93. The summed E-state index contributed by atoms with van der Waals surface area (Å²) in [7, 11) is 1.40. The second-order valence-corrected chi connectivity index (χ2v) is 7.00. The van der Waals surface area contributed by atoms with E-state index in [0.717, 1.165) is 0 Å². The van der Waals surface area contributed by atoms with E-state index in [1.54, 1.807) is 19.1 Å². The second-order valence-electron chi connectivity index (χ2n) is 7.00. The average molecular weight is 387 g/mol. The molecule has 2 atom stereocenters. The zero-order chi connectivity index (χ0) is 20.4. The van der Waals surface area contributed by atoms with Gasteiger partial charge in [-0.2, -0.15) is 0 Å². The molecule has 3 N–H and O–H groups in total. The summed E-state index contributed by atoms with van der Waals surface area (Å²) in [4.78, 5) is 37.3. The van der Waals surface area contributed by atoms with Crippen molar-refractivity contribution in [3.63, 3.8) is 0 Å². The van der Waals surface area contributed by atoms with Crippen LogP contribution in [0.1, 0.15) is 38.3 Å². The first-order chi connectivity index (χ1) is 13.3. The third-order valence-electron chi connectivity index (χ3n) is 4.87. The van der Waals surface area contributed by atoms with E-state index in [9.17, 15) is 18.8 Å². The smallest absolute Gasteiger partial charge is 0.263 e. The monoisotopic (exact) mass is 387 g/mol. The summed E-state index contributed by atoms with van der Waals surface area (Å²) in [6, 6.07) is 5.63. The van der Waals surface area contributed by atoms with Crippen molar-refractivity contribution in [2.45, 2.75) is 25.9 Å². The van der Waals surface area contributed by atoms with E-state index in [2.05, 4.69) is 10.6 Å². The molecule has 2 aromatic rings. The van der Waals surface area contributed by atoms with Gasteiger partial charge in [-0.1, -0.05) is 12.1 Å². The van der Waals surface area contributed by atoms with E-state index in [4.69, 9.17) is 5.11 Å². The minimum atomic E-state index is -0.594. The lowest BCUT2D eigenvalue weighted by atomic mass is 10.1. The summed E-state index contributed by atoms with van der Waals surface area (Å²) in [6.45, 7) is 1.71. The molecule has 1 fully saturated rings. The van der Waals surface area contributed by atoms with Crippen LogP contribution in [0.4, 0.5) is 4.39 Å². The van der Waals surface area contributed by atoms with Crippen LogP contribution < -0.4 is 16.2 Å². The summed E-state index contributed by atoms with van der Waals surface area (Å²) in [5.74, 6) is -1.33. The first-order valence-electron chi connectivity index (χ1n) is 8.97. The van der Waals surface area contributed by atoms with Gasteiger partial charge in [0.05, 0.1) is 12.1 Å². The molecule has 1 heterocycles. The lowest BCUT2D eigenvalue weighted by Crippen LogP contribution is -2.34. The summed E-state index contributed by atoms with van der Waals surface area (Å²) in [6.07, 6.45) is 2.08. The Morgan fingerprint density at radius 2 is 2.04 bits per heavy atom. The van der Waals surface area contributed by atoms with Gasteiger partial charge in [-0.05, 0) is 36.6 Å². The van der Waals surface area contributed by atoms with Crippen molar-refractivity contribution in [1.82, 2.24) is 15.2 Å². The summed E-state index contributed by atoms with van der Waals surface area (Å²) >= 11 is 0. The number of amides is 2. The largest absolute Gasteiger partial charge is 0.396 e. The SMILES string of the molecule is CNC(=O)c1cc(C(=O)N[C@H]2C[C@@H]2CO)cn(Cc2ccc(F)c(C)c2)c1=O. The maximum Gasteiger partial charge on any atom is 0.263 e. The predicted octanol–water partition coefficient (Wildman–Crippen LogP) is 0.814. The van der Waals surface area contributed by atoms with Crippen LogP contribution in [0.3, 0.4) is 0 Å². The van der Waals surface area contributed by atoms with E-state index < -0.39 is 17.4 Å². The number of pyridine rings is 1. The molecule has 148 valence electrons. The van der Waals surface area contributed by atoms with Crippen LogP contribution in [0.5, 0.6) is 0 Å². The molecule has 8 heteroatoms. The molecule has 7 nitrogen and oxygen atoms in total. The fourth-order valence-corrected chi connectivity index (χ4v) is 3.05. The van der Waals surface area contributed by atoms with Gasteiger partial charge in [0.25, 0.3) is 17.4 Å². The van der Waals surface area contributed by atoms with Crippen molar-refractivity contribution in [1.29, 1.82) is 0 Å². The molecule has 1 aliphatic rings. The quantitative estimate of drug-likeness (QED) is 0.683. The Morgan fingerprint density at radius 3 is 2.64 bits per heavy atom. The van der Waals surface area contributed by atoms with Crippen LogP contribution in [0, 0.1) is 18.7 Å². The summed E-state index contributed by atoms with van der Waals surface area (Å²) < 4.78 is 14.8. The topological polar surface area (TPSA) is 100 Å². The minimum Gasteiger partial charge on any atom is -0.396 e. The Labute approximate surface area is 161 Å². The first-order valence-corrected chi connectivity index (χ1v) is 8.97. The normalized spacial score (nSPS) is 17.9. The summed E-state index contributed by atoms with van der Waals surface area (Å²) in [5.41, 5.74) is 0.584. The zero-order valence-electron chi connectivity index (χ0n) is 15.7. The van der Waals surface area contributed by atoms with Crippen LogP contribution in [0.2, 0.25) is 0 Å². The molecule has 2 amide bonds. The molecular weight excluding hydrogens is 365 g/mol. The predicted molar refractivity (Wildman–Crippen MR) is 101 cm³/mol. The maximum absolute atomic E-state index is 13.5. The number of aryl methyl sites for hydroxylation is 1. The van der Waals surface area contributed by atoms with Gasteiger partial charge < -0.3 is 20.3 Å². The van der Waals surface area contributed by atoms with Crippen LogP contribution in [0.15, 0.2) is 35.3 Å². The number of carbonyl (C=O) groups excluding carboxylic acids is 2. The number of aliphatic hydroxyl groups is 1. The molecular formula is C20H22FN3O4. The van der Waals surface area contributed by atoms with Gasteiger partial charge >= 0.3 is 0 Å². The lowest BCUT2D eigenvalue weighted by molar-refractivity contribution is 0.0946. The van der Waals surface area contributed by atoms with Crippen molar-refractivity contribution in [2.24, 2.45) is 5.92 Å². The molecule has 0 radical (unpaired) electrons. The molecule has 1 aromatic carbocycles. The highest BCUT2D eigenvalue weighted by Crippen LogP contribution is 2.29. The highest BCUT2D eigenvalue weighted by atomic mass is 19.1. The highest BCUT2D eigenvalue weighted by molar-refractivity contribution is 5.99. The number of halogens is 1. The molecule has 0 spiro atoms.